The van der Waals surface area contributed by atoms with Crippen molar-refractivity contribution >= 4 is 5.91 Å². The first-order valence-electron chi connectivity index (χ1n) is 6.90. The van der Waals surface area contributed by atoms with E-state index in [2.05, 4.69) is 17.1 Å². The van der Waals surface area contributed by atoms with Crippen molar-refractivity contribution < 1.29 is 4.79 Å². The normalized spacial score (nSPS) is 21.5. The molecule has 17 heavy (non-hydrogen) atoms. The van der Waals surface area contributed by atoms with E-state index in [4.69, 9.17) is 0 Å². The molecule has 1 aliphatic rings. The largest absolute Gasteiger partial charge is 0.343 e. The van der Waals surface area contributed by atoms with Crippen LogP contribution in [-0.2, 0) is 4.79 Å². The summed E-state index contributed by atoms with van der Waals surface area (Å²) in [6.45, 7) is 12.3. The molecule has 100 valence electrons. The average Bonchev–Trinajstić information content (AvgIpc) is 2.30. The van der Waals surface area contributed by atoms with Crippen LogP contribution >= 0.6 is 0 Å². The maximum Gasteiger partial charge on any atom is 0.222 e. The van der Waals surface area contributed by atoms with Gasteiger partial charge >= 0.3 is 0 Å². The molecule has 1 heterocycles. The molecular weight excluding hydrogens is 214 g/mol. The minimum atomic E-state index is 0.304. The molecule has 1 saturated heterocycles. The molecule has 0 saturated carbocycles. The van der Waals surface area contributed by atoms with Crippen LogP contribution < -0.4 is 5.32 Å². The van der Waals surface area contributed by atoms with Gasteiger partial charge in [-0.05, 0) is 33.7 Å². The number of piperazine rings is 1. The van der Waals surface area contributed by atoms with Gasteiger partial charge in [0.05, 0.1) is 0 Å². The maximum absolute atomic E-state index is 11.8. The number of carbonyl (C=O) groups is 1. The Hall–Kier alpha value is -0.610. The van der Waals surface area contributed by atoms with Crippen LogP contribution in [0, 0.1) is 0 Å². The summed E-state index contributed by atoms with van der Waals surface area (Å²) in [5.41, 5.74) is 0. The summed E-state index contributed by atoms with van der Waals surface area (Å²) in [5.74, 6) is 0.304. The molecule has 0 aromatic rings. The van der Waals surface area contributed by atoms with E-state index in [0.717, 1.165) is 45.7 Å². The van der Waals surface area contributed by atoms with E-state index in [9.17, 15) is 4.79 Å². The molecule has 0 aliphatic carbocycles. The van der Waals surface area contributed by atoms with Gasteiger partial charge in [-0.1, -0.05) is 0 Å². The summed E-state index contributed by atoms with van der Waals surface area (Å²) in [4.78, 5) is 16.2. The minimum Gasteiger partial charge on any atom is -0.343 e. The summed E-state index contributed by atoms with van der Waals surface area (Å²) in [5, 5.41) is 3.43. The van der Waals surface area contributed by atoms with Crippen molar-refractivity contribution in [3.63, 3.8) is 0 Å². The van der Waals surface area contributed by atoms with Crippen LogP contribution in [0.2, 0.25) is 0 Å². The summed E-state index contributed by atoms with van der Waals surface area (Å²) >= 11 is 0. The fourth-order valence-electron chi connectivity index (χ4n) is 2.40. The molecule has 0 radical (unpaired) electrons. The summed E-state index contributed by atoms with van der Waals surface area (Å²) in [6, 6.07) is 0.585. The lowest BCUT2D eigenvalue weighted by atomic mass is 10.2. The van der Waals surface area contributed by atoms with Crippen molar-refractivity contribution in [2.75, 3.05) is 39.3 Å². The molecule has 1 N–H and O–H groups in total. The van der Waals surface area contributed by atoms with Gasteiger partial charge in [-0.2, -0.15) is 0 Å². The van der Waals surface area contributed by atoms with Crippen LogP contribution in [0.3, 0.4) is 0 Å². The standard InChI is InChI=1S/C13H27N3O/c1-4-16(5-2)13(17)7-6-9-15-10-8-14-12(3)11-15/h12,14H,4-11H2,1-3H3/t12-/m0/s1. The van der Waals surface area contributed by atoms with Crippen LogP contribution in [0.1, 0.15) is 33.6 Å². The molecule has 1 aliphatic heterocycles. The molecule has 1 atom stereocenters. The van der Waals surface area contributed by atoms with E-state index in [1.807, 2.05) is 18.7 Å². The lowest BCUT2D eigenvalue weighted by Gasteiger charge is -2.31. The predicted molar refractivity (Wildman–Crippen MR) is 71.1 cm³/mol. The Kier molecular flexibility index (Phi) is 6.52. The van der Waals surface area contributed by atoms with Gasteiger partial charge < -0.3 is 15.1 Å². The van der Waals surface area contributed by atoms with Gasteiger partial charge in [0.15, 0.2) is 0 Å². The van der Waals surface area contributed by atoms with Gasteiger partial charge in [0.1, 0.15) is 0 Å². The van der Waals surface area contributed by atoms with Crippen LogP contribution in [0.25, 0.3) is 0 Å². The Morgan fingerprint density at radius 1 is 1.41 bits per heavy atom. The Morgan fingerprint density at radius 3 is 2.71 bits per heavy atom. The maximum atomic E-state index is 11.8. The SMILES string of the molecule is CCN(CC)C(=O)CCCN1CCN[C@@H](C)C1. The van der Waals surface area contributed by atoms with E-state index >= 15 is 0 Å². The van der Waals surface area contributed by atoms with Crippen LogP contribution in [0.4, 0.5) is 0 Å². The lowest BCUT2D eigenvalue weighted by Crippen LogP contribution is -2.49. The number of hydrogen-bond acceptors (Lipinski definition) is 3. The number of hydrogen-bond donors (Lipinski definition) is 1. The van der Waals surface area contributed by atoms with Gasteiger partial charge in [-0.15, -0.1) is 0 Å². The molecule has 0 spiro atoms. The topological polar surface area (TPSA) is 35.6 Å². The van der Waals surface area contributed by atoms with E-state index in [1.54, 1.807) is 0 Å². The van der Waals surface area contributed by atoms with Crippen LogP contribution in [-0.4, -0.2) is 61.0 Å². The van der Waals surface area contributed by atoms with Gasteiger partial charge in [0.25, 0.3) is 0 Å². The Balaban J connectivity index is 2.16. The molecule has 4 heteroatoms. The molecule has 0 aromatic heterocycles. The number of nitrogens with zero attached hydrogens (tertiary/aromatic N) is 2. The van der Waals surface area contributed by atoms with Crippen molar-refractivity contribution in [1.82, 2.24) is 15.1 Å². The Labute approximate surface area is 105 Å². The molecule has 4 nitrogen and oxygen atoms in total. The highest BCUT2D eigenvalue weighted by atomic mass is 16.2. The molecule has 0 unspecified atom stereocenters. The van der Waals surface area contributed by atoms with E-state index in [-0.39, 0.29) is 0 Å². The fraction of sp³-hybridized carbons (Fsp3) is 0.923. The first-order valence-corrected chi connectivity index (χ1v) is 6.90. The highest BCUT2D eigenvalue weighted by molar-refractivity contribution is 5.76. The number of rotatable bonds is 6. The summed E-state index contributed by atoms with van der Waals surface area (Å²) in [7, 11) is 0. The second-order valence-electron chi connectivity index (χ2n) is 4.83. The quantitative estimate of drug-likeness (QED) is 0.751. The monoisotopic (exact) mass is 241 g/mol. The second kappa shape index (κ2) is 7.67. The number of carbonyl (C=O) groups excluding carboxylic acids is 1. The third kappa shape index (κ3) is 5.04. The third-order valence-corrected chi connectivity index (χ3v) is 3.43. The number of nitrogens with one attached hydrogen (secondary N) is 1. The molecule has 0 aromatic carbocycles. The first kappa shape index (κ1) is 14.5. The van der Waals surface area contributed by atoms with E-state index in [0.29, 0.717) is 18.4 Å². The minimum absolute atomic E-state index is 0.304. The van der Waals surface area contributed by atoms with E-state index in [1.165, 1.54) is 0 Å². The highest BCUT2D eigenvalue weighted by Gasteiger charge is 2.15. The fourth-order valence-corrected chi connectivity index (χ4v) is 2.40. The molecule has 0 bridgehead atoms. The van der Waals surface area contributed by atoms with E-state index < -0.39 is 0 Å². The van der Waals surface area contributed by atoms with Gasteiger partial charge in [0.2, 0.25) is 5.91 Å². The second-order valence-corrected chi connectivity index (χ2v) is 4.83. The smallest absolute Gasteiger partial charge is 0.222 e. The lowest BCUT2D eigenvalue weighted by molar-refractivity contribution is -0.131. The zero-order chi connectivity index (χ0) is 12.7. The molecule has 1 rings (SSSR count). The Bertz CT molecular complexity index is 229. The average molecular weight is 241 g/mol. The molecular formula is C13H27N3O. The highest BCUT2D eigenvalue weighted by Crippen LogP contribution is 2.03. The molecule has 1 amide bonds. The third-order valence-electron chi connectivity index (χ3n) is 3.43. The van der Waals surface area contributed by atoms with Crippen molar-refractivity contribution in [1.29, 1.82) is 0 Å². The Morgan fingerprint density at radius 2 is 2.12 bits per heavy atom. The summed E-state index contributed by atoms with van der Waals surface area (Å²) in [6.07, 6.45) is 1.68. The van der Waals surface area contributed by atoms with Crippen LogP contribution in [0.15, 0.2) is 0 Å². The van der Waals surface area contributed by atoms with Crippen LogP contribution in [0.5, 0.6) is 0 Å². The van der Waals surface area contributed by atoms with Gasteiger partial charge in [-0.25, -0.2) is 0 Å². The first-order chi connectivity index (χ1) is 8.17. The summed E-state index contributed by atoms with van der Waals surface area (Å²) < 4.78 is 0. The zero-order valence-corrected chi connectivity index (χ0v) is 11.5. The number of amides is 1. The van der Waals surface area contributed by atoms with Crippen molar-refractivity contribution in [2.24, 2.45) is 0 Å². The van der Waals surface area contributed by atoms with Crippen molar-refractivity contribution in [3.05, 3.63) is 0 Å². The zero-order valence-electron chi connectivity index (χ0n) is 11.5. The van der Waals surface area contributed by atoms with Gasteiger partial charge in [-0.3, -0.25) is 4.79 Å². The predicted octanol–water partition coefficient (Wildman–Crippen LogP) is 0.929. The van der Waals surface area contributed by atoms with Gasteiger partial charge in [0, 0.05) is 45.2 Å². The van der Waals surface area contributed by atoms with Crippen molar-refractivity contribution in [3.8, 4) is 0 Å². The van der Waals surface area contributed by atoms with Crippen molar-refractivity contribution in [2.45, 2.75) is 39.7 Å². The molecule has 1 fully saturated rings.